The highest BCUT2D eigenvalue weighted by Gasteiger charge is 2.24. The molecular formula is C26H36N4O3. The lowest BCUT2D eigenvalue weighted by molar-refractivity contribution is -0.124. The average molecular weight is 453 g/mol. The SMILES string of the molecule is CC(C)[C@H](NC(=O)OCc1ccccc1)C(=O)NCc1cccc(CN2CCN(C)CC2)c1. The Morgan fingerprint density at radius 3 is 2.30 bits per heavy atom. The second kappa shape index (κ2) is 12.4. The van der Waals surface area contributed by atoms with E-state index in [-0.39, 0.29) is 18.4 Å². The molecule has 0 radical (unpaired) electrons. The van der Waals surface area contributed by atoms with E-state index >= 15 is 0 Å². The normalized spacial score (nSPS) is 15.8. The van der Waals surface area contributed by atoms with Crippen molar-refractivity contribution in [3.63, 3.8) is 0 Å². The molecule has 1 aliphatic heterocycles. The van der Waals surface area contributed by atoms with Gasteiger partial charge in [0.25, 0.3) is 0 Å². The molecule has 1 saturated heterocycles. The number of hydrogen-bond acceptors (Lipinski definition) is 5. The van der Waals surface area contributed by atoms with E-state index in [2.05, 4.69) is 39.6 Å². The summed E-state index contributed by atoms with van der Waals surface area (Å²) in [5, 5.41) is 5.67. The first-order chi connectivity index (χ1) is 15.9. The van der Waals surface area contributed by atoms with Crippen LogP contribution in [0, 0.1) is 5.92 Å². The lowest BCUT2D eigenvalue weighted by Crippen LogP contribution is -2.49. The third-order valence-corrected chi connectivity index (χ3v) is 5.90. The molecule has 2 aromatic carbocycles. The van der Waals surface area contributed by atoms with Crippen LogP contribution in [0.3, 0.4) is 0 Å². The van der Waals surface area contributed by atoms with Gasteiger partial charge >= 0.3 is 6.09 Å². The van der Waals surface area contributed by atoms with Crippen molar-refractivity contribution in [3.05, 3.63) is 71.3 Å². The van der Waals surface area contributed by atoms with Gasteiger partial charge in [0.2, 0.25) is 5.91 Å². The zero-order valence-electron chi connectivity index (χ0n) is 19.9. The molecule has 1 heterocycles. The molecule has 2 amide bonds. The van der Waals surface area contributed by atoms with Crippen LogP contribution in [0.25, 0.3) is 0 Å². The Hall–Kier alpha value is -2.90. The number of carbonyl (C=O) groups is 2. The predicted molar refractivity (Wildman–Crippen MR) is 129 cm³/mol. The molecule has 33 heavy (non-hydrogen) atoms. The Labute approximate surface area is 197 Å². The van der Waals surface area contributed by atoms with Gasteiger partial charge in [-0.25, -0.2) is 4.79 Å². The average Bonchev–Trinajstić information content (AvgIpc) is 2.82. The Balaban J connectivity index is 1.48. The summed E-state index contributed by atoms with van der Waals surface area (Å²) in [4.78, 5) is 29.9. The van der Waals surface area contributed by atoms with Crippen LogP contribution in [0.5, 0.6) is 0 Å². The number of nitrogens with one attached hydrogen (secondary N) is 2. The highest BCUT2D eigenvalue weighted by atomic mass is 16.5. The monoisotopic (exact) mass is 452 g/mol. The maximum absolute atomic E-state index is 12.8. The fourth-order valence-electron chi connectivity index (χ4n) is 3.83. The molecular weight excluding hydrogens is 416 g/mol. The van der Waals surface area contributed by atoms with Gasteiger partial charge in [0.15, 0.2) is 0 Å². The molecule has 0 aromatic heterocycles. The topological polar surface area (TPSA) is 73.9 Å². The molecule has 0 bridgehead atoms. The molecule has 3 rings (SSSR count). The Bertz CT molecular complexity index is 895. The van der Waals surface area contributed by atoms with Gasteiger partial charge in [-0.2, -0.15) is 0 Å². The van der Waals surface area contributed by atoms with E-state index in [0.29, 0.717) is 6.54 Å². The molecule has 0 spiro atoms. The number of hydrogen-bond donors (Lipinski definition) is 2. The number of rotatable bonds is 9. The first kappa shape index (κ1) is 24.7. The minimum Gasteiger partial charge on any atom is -0.445 e. The second-order valence-corrected chi connectivity index (χ2v) is 9.04. The minimum atomic E-state index is -0.665. The smallest absolute Gasteiger partial charge is 0.408 e. The molecule has 1 fully saturated rings. The Morgan fingerprint density at radius 1 is 0.939 bits per heavy atom. The maximum atomic E-state index is 12.8. The van der Waals surface area contributed by atoms with Gasteiger partial charge in [0, 0.05) is 39.3 Å². The van der Waals surface area contributed by atoms with Crippen molar-refractivity contribution in [1.82, 2.24) is 20.4 Å². The van der Waals surface area contributed by atoms with Gasteiger partial charge in [-0.1, -0.05) is 68.4 Å². The zero-order valence-corrected chi connectivity index (χ0v) is 19.9. The standard InChI is InChI=1S/C26H36N4O3/c1-20(2)24(28-26(32)33-19-21-8-5-4-6-9-21)25(31)27-17-22-10-7-11-23(16-22)18-30-14-12-29(3)13-15-30/h4-11,16,20,24H,12-15,17-19H2,1-3H3,(H,27,31)(H,28,32)/t24-/m0/s1. The number of alkyl carbamates (subject to hydrolysis) is 1. The molecule has 0 saturated carbocycles. The molecule has 7 nitrogen and oxygen atoms in total. The quantitative estimate of drug-likeness (QED) is 0.612. The van der Waals surface area contributed by atoms with E-state index in [1.54, 1.807) is 0 Å². The Morgan fingerprint density at radius 2 is 1.61 bits per heavy atom. The number of amides is 2. The van der Waals surface area contributed by atoms with Gasteiger partial charge in [0.1, 0.15) is 12.6 Å². The number of benzene rings is 2. The number of ether oxygens (including phenoxy) is 1. The van der Waals surface area contributed by atoms with Crippen molar-refractivity contribution in [2.24, 2.45) is 5.92 Å². The first-order valence-corrected chi connectivity index (χ1v) is 11.6. The first-order valence-electron chi connectivity index (χ1n) is 11.6. The van der Waals surface area contributed by atoms with E-state index in [0.717, 1.165) is 43.9 Å². The van der Waals surface area contributed by atoms with Crippen molar-refractivity contribution in [2.45, 2.75) is 39.6 Å². The van der Waals surface area contributed by atoms with Gasteiger partial charge in [-0.15, -0.1) is 0 Å². The lowest BCUT2D eigenvalue weighted by atomic mass is 10.0. The summed E-state index contributed by atoms with van der Waals surface area (Å²) in [7, 11) is 2.16. The third-order valence-electron chi connectivity index (χ3n) is 5.90. The summed E-state index contributed by atoms with van der Waals surface area (Å²) in [6.45, 7) is 9.62. The van der Waals surface area contributed by atoms with Gasteiger partial charge in [-0.3, -0.25) is 9.69 Å². The molecule has 2 N–H and O–H groups in total. The fourth-order valence-corrected chi connectivity index (χ4v) is 3.83. The largest absolute Gasteiger partial charge is 0.445 e. The summed E-state index contributed by atoms with van der Waals surface area (Å²) < 4.78 is 5.28. The van der Waals surface area contributed by atoms with Gasteiger partial charge < -0.3 is 20.3 Å². The summed E-state index contributed by atoms with van der Waals surface area (Å²) in [5.74, 6) is -0.288. The molecule has 2 aromatic rings. The molecule has 1 aliphatic rings. The van der Waals surface area contributed by atoms with Gasteiger partial charge in [0.05, 0.1) is 0 Å². The van der Waals surface area contributed by atoms with Crippen LogP contribution in [0.2, 0.25) is 0 Å². The Kier molecular flexibility index (Phi) is 9.27. The van der Waals surface area contributed by atoms with E-state index in [4.69, 9.17) is 4.74 Å². The van der Waals surface area contributed by atoms with Crippen molar-refractivity contribution in [3.8, 4) is 0 Å². The number of carbonyl (C=O) groups excluding carboxylic acids is 2. The van der Waals surface area contributed by atoms with Crippen molar-refractivity contribution in [1.29, 1.82) is 0 Å². The zero-order chi connectivity index (χ0) is 23.6. The predicted octanol–water partition coefficient (Wildman–Crippen LogP) is 3.00. The molecule has 1 atom stereocenters. The van der Waals surface area contributed by atoms with E-state index in [1.165, 1.54) is 5.56 Å². The summed E-state index contributed by atoms with van der Waals surface area (Å²) in [6.07, 6.45) is -0.595. The highest BCUT2D eigenvalue weighted by molar-refractivity contribution is 5.85. The van der Waals surface area contributed by atoms with Crippen molar-refractivity contribution < 1.29 is 14.3 Å². The van der Waals surface area contributed by atoms with E-state index < -0.39 is 12.1 Å². The van der Waals surface area contributed by atoms with Crippen LogP contribution >= 0.6 is 0 Å². The second-order valence-electron chi connectivity index (χ2n) is 9.04. The number of piperazine rings is 1. The summed E-state index contributed by atoms with van der Waals surface area (Å²) in [6, 6.07) is 17.1. The summed E-state index contributed by atoms with van der Waals surface area (Å²) in [5.41, 5.74) is 3.19. The molecule has 0 unspecified atom stereocenters. The van der Waals surface area contributed by atoms with Crippen molar-refractivity contribution in [2.75, 3.05) is 33.2 Å². The van der Waals surface area contributed by atoms with Crippen LogP contribution in [0.15, 0.2) is 54.6 Å². The van der Waals surface area contributed by atoms with E-state index in [1.807, 2.05) is 56.3 Å². The van der Waals surface area contributed by atoms with Crippen LogP contribution in [-0.4, -0.2) is 61.1 Å². The number of likely N-dealkylation sites (N-methyl/N-ethyl adjacent to an activating group) is 1. The van der Waals surface area contributed by atoms with Crippen LogP contribution in [0.4, 0.5) is 4.79 Å². The summed E-state index contributed by atoms with van der Waals surface area (Å²) >= 11 is 0. The third kappa shape index (κ3) is 8.18. The van der Waals surface area contributed by atoms with E-state index in [9.17, 15) is 9.59 Å². The molecule has 178 valence electrons. The minimum absolute atomic E-state index is 0.0714. The van der Waals surface area contributed by atoms with Crippen LogP contribution in [0.1, 0.15) is 30.5 Å². The molecule has 7 heteroatoms. The van der Waals surface area contributed by atoms with Crippen LogP contribution < -0.4 is 10.6 Å². The van der Waals surface area contributed by atoms with Crippen LogP contribution in [-0.2, 0) is 29.2 Å². The maximum Gasteiger partial charge on any atom is 0.408 e. The number of nitrogens with zero attached hydrogens (tertiary/aromatic N) is 2. The molecule has 0 aliphatic carbocycles. The van der Waals surface area contributed by atoms with Crippen molar-refractivity contribution >= 4 is 12.0 Å². The van der Waals surface area contributed by atoms with Gasteiger partial charge in [-0.05, 0) is 29.7 Å². The highest BCUT2D eigenvalue weighted by Crippen LogP contribution is 2.11. The fraction of sp³-hybridized carbons (Fsp3) is 0.462. The lowest BCUT2D eigenvalue weighted by Gasteiger charge is -2.32.